The molecule has 3 aliphatic heterocycles. The summed E-state index contributed by atoms with van der Waals surface area (Å²) in [6, 6.07) is 11.8. The molecule has 1 spiro atoms. The fraction of sp³-hybridized carbons (Fsp3) is 0.240. The summed E-state index contributed by atoms with van der Waals surface area (Å²) in [7, 11) is 0. The quantitative estimate of drug-likeness (QED) is 0.673. The van der Waals surface area contributed by atoms with Crippen LogP contribution in [0.4, 0.5) is 8.78 Å². The predicted molar refractivity (Wildman–Crippen MR) is 112 cm³/mol. The first-order chi connectivity index (χ1) is 15.0. The van der Waals surface area contributed by atoms with Crippen molar-refractivity contribution in [1.29, 1.82) is 0 Å². The molecule has 5 rings (SSSR count). The minimum atomic E-state index is -0.969. The molecule has 31 heavy (non-hydrogen) atoms. The average molecular weight is 421 g/mol. The Bertz CT molecular complexity index is 1090. The summed E-state index contributed by atoms with van der Waals surface area (Å²) in [6.45, 7) is 4.09. The predicted octanol–water partition coefficient (Wildman–Crippen LogP) is 4.39. The Morgan fingerprint density at radius 2 is 1.74 bits per heavy atom. The Morgan fingerprint density at radius 3 is 2.32 bits per heavy atom. The van der Waals surface area contributed by atoms with Gasteiger partial charge in [-0.05, 0) is 35.4 Å². The molecule has 1 amide bonds. The Hall–Kier alpha value is -3.25. The number of hydrogen-bond acceptors (Lipinski definition) is 3. The number of carbonyl (C=O) groups is 1. The van der Waals surface area contributed by atoms with E-state index < -0.39 is 5.72 Å². The highest BCUT2D eigenvalue weighted by Gasteiger charge is 2.59. The largest absolute Gasteiger partial charge is 0.468 e. The summed E-state index contributed by atoms with van der Waals surface area (Å²) in [5.74, 6) is -0.482. The number of fused-ring (bicyclic) bond motifs is 3. The molecule has 6 heteroatoms. The third-order valence-corrected chi connectivity index (χ3v) is 5.98. The highest BCUT2D eigenvalue weighted by atomic mass is 19.1. The SMILES string of the molecule is C=CCN1C(=O)C(c2ccc(F)cc2)=C(Cc2ccc(F)cc2)O[C@]12C[C@H]1C=C[C@@H]2O1. The van der Waals surface area contributed by atoms with Crippen LogP contribution in [0.1, 0.15) is 17.5 Å². The third-order valence-electron chi connectivity index (χ3n) is 5.98. The van der Waals surface area contributed by atoms with Gasteiger partial charge in [0, 0.05) is 19.4 Å². The highest BCUT2D eigenvalue weighted by molar-refractivity contribution is 6.21. The van der Waals surface area contributed by atoms with E-state index in [1.807, 2.05) is 12.2 Å². The van der Waals surface area contributed by atoms with Crippen molar-refractivity contribution in [3.05, 3.63) is 102 Å². The van der Waals surface area contributed by atoms with Crippen LogP contribution in [0, 0.1) is 11.6 Å². The molecule has 1 fully saturated rings. The van der Waals surface area contributed by atoms with Gasteiger partial charge in [0.1, 0.15) is 23.5 Å². The van der Waals surface area contributed by atoms with Gasteiger partial charge in [-0.3, -0.25) is 9.69 Å². The third kappa shape index (κ3) is 3.27. The van der Waals surface area contributed by atoms with Gasteiger partial charge in [0.2, 0.25) is 5.72 Å². The average Bonchev–Trinajstić information content (AvgIpc) is 3.36. The van der Waals surface area contributed by atoms with Gasteiger partial charge >= 0.3 is 0 Å². The van der Waals surface area contributed by atoms with E-state index in [0.29, 0.717) is 29.7 Å². The number of carbonyl (C=O) groups excluding carboxylic acids is 1. The zero-order chi connectivity index (χ0) is 21.6. The van der Waals surface area contributed by atoms with Crippen LogP contribution in [-0.2, 0) is 20.7 Å². The zero-order valence-corrected chi connectivity index (χ0v) is 16.8. The minimum absolute atomic E-state index is 0.121. The molecule has 3 atom stereocenters. The maximum Gasteiger partial charge on any atom is 0.261 e. The van der Waals surface area contributed by atoms with Crippen LogP contribution in [0.2, 0.25) is 0 Å². The molecule has 158 valence electrons. The van der Waals surface area contributed by atoms with Crippen LogP contribution >= 0.6 is 0 Å². The number of amides is 1. The second-order valence-corrected chi connectivity index (χ2v) is 7.94. The minimum Gasteiger partial charge on any atom is -0.468 e. The van der Waals surface area contributed by atoms with Crippen molar-refractivity contribution in [2.45, 2.75) is 30.8 Å². The van der Waals surface area contributed by atoms with Gasteiger partial charge in [0.25, 0.3) is 5.91 Å². The molecular weight excluding hydrogens is 400 g/mol. The van der Waals surface area contributed by atoms with E-state index in [0.717, 1.165) is 5.56 Å². The van der Waals surface area contributed by atoms with Gasteiger partial charge in [-0.2, -0.15) is 0 Å². The fourth-order valence-electron chi connectivity index (χ4n) is 4.57. The van der Waals surface area contributed by atoms with E-state index in [9.17, 15) is 13.6 Å². The first-order valence-electron chi connectivity index (χ1n) is 10.2. The van der Waals surface area contributed by atoms with Crippen molar-refractivity contribution >= 4 is 11.5 Å². The molecule has 0 unspecified atom stereocenters. The van der Waals surface area contributed by atoms with Crippen molar-refractivity contribution in [1.82, 2.24) is 4.90 Å². The van der Waals surface area contributed by atoms with Gasteiger partial charge in [-0.15, -0.1) is 6.58 Å². The van der Waals surface area contributed by atoms with Gasteiger partial charge < -0.3 is 9.47 Å². The number of allylic oxidation sites excluding steroid dienone is 1. The van der Waals surface area contributed by atoms with Crippen LogP contribution in [0.5, 0.6) is 0 Å². The van der Waals surface area contributed by atoms with Gasteiger partial charge in [0.05, 0.1) is 11.7 Å². The number of halogens is 2. The molecule has 2 bridgehead atoms. The fourth-order valence-corrected chi connectivity index (χ4v) is 4.57. The lowest BCUT2D eigenvalue weighted by atomic mass is 9.89. The Labute approximate surface area is 179 Å². The topological polar surface area (TPSA) is 38.8 Å². The molecule has 4 nitrogen and oxygen atoms in total. The molecule has 0 radical (unpaired) electrons. The van der Waals surface area contributed by atoms with E-state index in [1.54, 1.807) is 35.2 Å². The van der Waals surface area contributed by atoms with E-state index in [2.05, 4.69) is 6.58 Å². The Balaban J connectivity index is 1.64. The van der Waals surface area contributed by atoms with E-state index in [4.69, 9.17) is 9.47 Å². The molecule has 0 aliphatic carbocycles. The second kappa shape index (κ2) is 7.46. The normalized spacial score (nSPS) is 26.6. The van der Waals surface area contributed by atoms with Crippen molar-refractivity contribution in [3.63, 3.8) is 0 Å². The number of ether oxygens (including phenoxy) is 2. The monoisotopic (exact) mass is 421 g/mol. The lowest BCUT2D eigenvalue weighted by Crippen LogP contribution is -2.61. The van der Waals surface area contributed by atoms with Crippen LogP contribution < -0.4 is 0 Å². The standard InChI is InChI=1S/C25H21F2NO3/c1-2-13-28-24(29)23(17-5-9-19(27)10-6-17)21(14-16-3-7-18(26)8-4-16)31-25(28)15-20-11-12-22(25)30-20/h2-12,20,22H,1,13-15H2/t20-,22+,25+/m1/s1. The molecule has 2 aromatic rings. The zero-order valence-electron chi connectivity index (χ0n) is 16.8. The molecule has 3 heterocycles. The van der Waals surface area contributed by atoms with Gasteiger partial charge in [-0.25, -0.2) is 8.78 Å². The van der Waals surface area contributed by atoms with Gasteiger partial charge in [0.15, 0.2) is 0 Å². The van der Waals surface area contributed by atoms with Crippen LogP contribution in [-0.4, -0.2) is 35.3 Å². The molecular formula is C25H21F2NO3. The van der Waals surface area contributed by atoms with Crippen molar-refractivity contribution in [2.24, 2.45) is 0 Å². The number of nitrogens with zero attached hydrogens (tertiary/aromatic N) is 1. The molecule has 2 aromatic carbocycles. The van der Waals surface area contributed by atoms with E-state index in [1.165, 1.54) is 24.3 Å². The summed E-state index contributed by atoms with van der Waals surface area (Å²) in [6.07, 6.45) is 5.86. The number of benzene rings is 2. The lowest BCUT2D eigenvalue weighted by molar-refractivity contribution is -0.173. The second-order valence-electron chi connectivity index (χ2n) is 7.94. The van der Waals surface area contributed by atoms with Crippen LogP contribution in [0.3, 0.4) is 0 Å². The molecule has 1 saturated heterocycles. The smallest absolute Gasteiger partial charge is 0.261 e. The summed E-state index contributed by atoms with van der Waals surface area (Å²) in [5.41, 5.74) is 0.759. The first-order valence-corrected chi connectivity index (χ1v) is 10.2. The van der Waals surface area contributed by atoms with E-state index in [-0.39, 0.29) is 36.3 Å². The summed E-state index contributed by atoms with van der Waals surface area (Å²) in [5, 5.41) is 0. The number of hydrogen-bond donors (Lipinski definition) is 0. The highest BCUT2D eigenvalue weighted by Crippen LogP contribution is 2.48. The van der Waals surface area contributed by atoms with Gasteiger partial charge in [-0.1, -0.05) is 42.5 Å². The summed E-state index contributed by atoms with van der Waals surface area (Å²) >= 11 is 0. The Kier molecular flexibility index (Phi) is 4.74. The van der Waals surface area contributed by atoms with Crippen LogP contribution in [0.25, 0.3) is 5.57 Å². The van der Waals surface area contributed by atoms with Crippen LogP contribution in [0.15, 0.2) is 79.1 Å². The maximum atomic E-state index is 13.8. The molecule has 0 N–H and O–H groups in total. The molecule has 0 aromatic heterocycles. The van der Waals surface area contributed by atoms with E-state index >= 15 is 0 Å². The van der Waals surface area contributed by atoms with Crippen molar-refractivity contribution in [3.8, 4) is 0 Å². The lowest BCUT2D eigenvalue weighted by Gasteiger charge is -2.47. The number of rotatable bonds is 5. The maximum absolute atomic E-state index is 13.8. The summed E-state index contributed by atoms with van der Waals surface area (Å²) < 4.78 is 39.6. The molecule has 3 aliphatic rings. The first kappa shape index (κ1) is 19.7. The van der Waals surface area contributed by atoms with Crippen molar-refractivity contribution in [2.75, 3.05) is 6.54 Å². The Morgan fingerprint density at radius 1 is 1.06 bits per heavy atom. The van der Waals surface area contributed by atoms with Crippen molar-refractivity contribution < 1.29 is 23.0 Å². The molecule has 0 saturated carbocycles. The summed E-state index contributed by atoms with van der Waals surface area (Å²) in [4.78, 5) is 15.5.